The number of anilines is 1. The lowest BCUT2D eigenvalue weighted by Gasteiger charge is -2.23. The average Bonchev–Trinajstić information content (AvgIpc) is 3.23. The van der Waals surface area contributed by atoms with E-state index in [1.807, 2.05) is 24.1 Å². The Kier molecular flexibility index (Phi) is 4.71. The summed E-state index contributed by atoms with van der Waals surface area (Å²) in [5.41, 5.74) is 1.79. The van der Waals surface area contributed by atoms with E-state index in [9.17, 15) is 4.79 Å². The quantitative estimate of drug-likeness (QED) is 0.872. The van der Waals surface area contributed by atoms with Gasteiger partial charge >= 0.3 is 0 Å². The van der Waals surface area contributed by atoms with E-state index in [1.165, 1.54) is 0 Å². The van der Waals surface area contributed by atoms with Crippen molar-refractivity contribution >= 4 is 11.6 Å². The average molecular weight is 330 g/mol. The van der Waals surface area contributed by atoms with Gasteiger partial charge in [0.2, 0.25) is 5.91 Å². The molecule has 128 valence electrons. The number of hydrogen-bond acceptors (Lipinski definition) is 5. The second-order valence-electron chi connectivity index (χ2n) is 5.86. The topological polar surface area (TPSA) is 70.7 Å². The van der Waals surface area contributed by atoms with Gasteiger partial charge in [0.15, 0.2) is 0 Å². The molecule has 0 unspecified atom stereocenters. The van der Waals surface area contributed by atoms with Gasteiger partial charge in [0.05, 0.1) is 32.3 Å². The second-order valence-corrected chi connectivity index (χ2v) is 5.86. The van der Waals surface area contributed by atoms with Crippen molar-refractivity contribution in [1.29, 1.82) is 0 Å². The minimum Gasteiger partial charge on any atom is -0.497 e. The van der Waals surface area contributed by atoms with Gasteiger partial charge in [-0.3, -0.25) is 9.69 Å². The zero-order valence-corrected chi connectivity index (χ0v) is 14.2. The molecule has 0 radical (unpaired) electrons. The first-order chi connectivity index (χ1) is 11.6. The van der Waals surface area contributed by atoms with E-state index in [-0.39, 0.29) is 11.9 Å². The Morgan fingerprint density at radius 1 is 1.29 bits per heavy atom. The van der Waals surface area contributed by atoms with Crippen molar-refractivity contribution in [2.24, 2.45) is 0 Å². The number of aromatic nitrogens is 2. The molecule has 1 fully saturated rings. The summed E-state index contributed by atoms with van der Waals surface area (Å²) in [5.74, 6) is 1.44. The van der Waals surface area contributed by atoms with Crippen molar-refractivity contribution in [2.75, 3.05) is 32.7 Å². The predicted molar refractivity (Wildman–Crippen MR) is 90.4 cm³/mol. The SMILES string of the molecule is COc1cc(OC)cc(N2CC[C@@H](N(C)Cc3cnc[nH]3)C2=O)c1. The molecule has 1 amide bonds. The highest BCUT2D eigenvalue weighted by Gasteiger charge is 2.35. The Labute approximate surface area is 141 Å². The monoisotopic (exact) mass is 330 g/mol. The van der Waals surface area contributed by atoms with Crippen molar-refractivity contribution in [2.45, 2.75) is 19.0 Å². The van der Waals surface area contributed by atoms with Gasteiger partial charge in [0, 0.05) is 43.2 Å². The first kappa shape index (κ1) is 16.3. The summed E-state index contributed by atoms with van der Waals surface area (Å²) in [4.78, 5) is 23.8. The lowest BCUT2D eigenvalue weighted by atomic mass is 10.2. The maximum atomic E-state index is 12.9. The van der Waals surface area contributed by atoms with Crippen molar-refractivity contribution in [3.05, 3.63) is 36.4 Å². The highest BCUT2D eigenvalue weighted by molar-refractivity contribution is 5.99. The molecule has 2 aromatic rings. The predicted octanol–water partition coefficient (Wildman–Crippen LogP) is 1.66. The van der Waals surface area contributed by atoms with Crippen LogP contribution in [0.4, 0.5) is 5.69 Å². The van der Waals surface area contributed by atoms with Gasteiger partial charge < -0.3 is 19.4 Å². The molecule has 7 nitrogen and oxygen atoms in total. The Bertz CT molecular complexity index is 680. The molecule has 1 aliphatic rings. The van der Waals surface area contributed by atoms with Crippen LogP contribution in [-0.4, -0.2) is 54.6 Å². The molecule has 24 heavy (non-hydrogen) atoms. The van der Waals surface area contributed by atoms with E-state index in [0.717, 1.165) is 17.8 Å². The van der Waals surface area contributed by atoms with Crippen molar-refractivity contribution in [1.82, 2.24) is 14.9 Å². The number of nitrogens with zero attached hydrogens (tertiary/aromatic N) is 3. The zero-order chi connectivity index (χ0) is 17.1. The molecule has 7 heteroatoms. The molecule has 0 saturated carbocycles. The molecule has 1 N–H and O–H groups in total. The van der Waals surface area contributed by atoms with E-state index in [2.05, 4.69) is 9.97 Å². The van der Waals surface area contributed by atoms with Crippen LogP contribution >= 0.6 is 0 Å². The number of imidazole rings is 1. The van der Waals surface area contributed by atoms with Gasteiger partial charge in [-0.1, -0.05) is 0 Å². The number of H-pyrrole nitrogens is 1. The van der Waals surface area contributed by atoms with Gasteiger partial charge in [-0.25, -0.2) is 4.98 Å². The van der Waals surface area contributed by atoms with E-state index in [1.54, 1.807) is 37.7 Å². The number of carbonyl (C=O) groups excluding carboxylic acids is 1. The summed E-state index contributed by atoms with van der Waals surface area (Å²) < 4.78 is 10.6. The smallest absolute Gasteiger partial charge is 0.244 e. The fourth-order valence-electron chi connectivity index (χ4n) is 3.03. The van der Waals surface area contributed by atoms with Crippen LogP contribution in [0.25, 0.3) is 0 Å². The Balaban J connectivity index is 1.76. The molecule has 3 rings (SSSR count). The van der Waals surface area contributed by atoms with Gasteiger partial charge in [-0.05, 0) is 13.5 Å². The molecule has 1 saturated heterocycles. The Morgan fingerprint density at radius 2 is 2.00 bits per heavy atom. The molecule has 0 spiro atoms. The second kappa shape index (κ2) is 6.92. The lowest BCUT2D eigenvalue weighted by molar-refractivity contribution is -0.121. The number of carbonyl (C=O) groups is 1. The van der Waals surface area contributed by atoms with Gasteiger partial charge in [-0.15, -0.1) is 0 Å². The third kappa shape index (κ3) is 3.21. The van der Waals surface area contributed by atoms with E-state index in [0.29, 0.717) is 24.6 Å². The number of hydrogen-bond donors (Lipinski definition) is 1. The van der Waals surface area contributed by atoms with Crippen LogP contribution in [0, 0.1) is 0 Å². The summed E-state index contributed by atoms with van der Waals surface area (Å²) >= 11 is 0. The number of methoxy groups -OCH3 is 2. The van der Waals surface area contributed by atoms with Gasteiger partial charge in [0.25, 0.3) is 0 Å². The maximum absolute atomic E-state index is 12.9. The van der Waals surface area contributed by atoms with Crippen molar-refractivity contribution < 1.29 is 14.3 Å². The summed E-state index contributed by atoms with van der Waals surface area (Å²) in [7, 11) is 5.16. The van der Waals surface area contributed by atoms with Crippen LogP contribution < -0.4 is 14.4 Å². The maximum Gasteiger partial charge on any atom is 0.244 e. The highest BCUT2D eigenvalue weighted by Crippen LogP contribution is 2.31. The molecule has 0 bridgehead atoms. The first-order valence-corrected chi connectivity index (χ1v) is 7.84. The molecule has 1 atom stereocenters. The van der Waals surface area contributed by atoms with Crippen molar-refractivity contribution in [3.8, 4) is 11.5 Å². The third-order valence-electron chi connectivity index (χ3n) is 4.33. The number of benzene rings is 1. The van der Waals surface area contributed by atoms with Crippen LogP contribution in [0.1, 0.15) is 12.1 Å². The van der Waals surface area contributed by atoms with Crippen molar-refractivity contribution in [3.63, 3.8) is 0 Å². The molecule has 2 heterocycles. The van der Waals surface area contributed by atoms with E-state index < -0.39 is 0 Å². The molecule has 1 aromatic heterocycles. The minimum absolute atomic E-state index is 0.0901. The summed E-state index contributed by atoms with van der Waals surface area (Å²) in [6, 6.07) is 5.37. The molecular formula is C17H22N4O3. The Hall–Kier alpha value is -2.54. The van der Waals surface area contributed by atoms with Gasteiger partial charge in [0.1, 0.15) is 11.5 Å². The number of likely N-dealkylation sites (N-methyl/N-ethyl adjacent to an activating group) is 1. The fourth-order valence-corrected chi connectivity index (χ4v) is 3.03. The number of rotatable bonds is 6. The number of nitrogens with one attached hydrogen (secondary N) is 1. The largest absolute Gasteiger partial charge is 0.497 e. The zero-order valence-electron chi connectivity index (χ0n) is 14.2. The number of aromatic amines is 1. The van der Waals surface area contributed by atoms with E-state index in [4.69, 9.17) is 9.47 Å². The summed E-state index contributed by atoms with van der Waals surface area (Å²) in [5, 5.41) is 0. The summed E-state index contributed by atoms with van der Waals surface area (Å²) in [6.45, 7) is 1.33. The lowest BCUT2D eigenvalue weighted by Crippen LogP contribution is -2.39. The van der Waals surface area contributed by atoms with Crippen LogP contribution in [0.2, 0.25) is 0 Å². The van der Waals surface area contributed by atoms with Crippen LogP contribution in [0.5, 0.6) is 11.5 Å². The molecule has 1 aliphatic heterocycles. The summed E-state index contributed by atoms with van der Waals surface area (Å²) in [6.07, 6.45) is 4.21. The van der Waals surface area contributed by atoms with Crippen LogP contribution in [0.15, 0.2) is 30.7 Å². The minimum atomic E-state index is -0.148. The van der Waals surface area contributed by atoms with Gasteiger partial charge in [-0.2, -0.15) is 0 Å². The molecule has 0 aliphatic carbocycles. The fraction of sp³-hybridized carbons (Fsp3) is 0.412. The molecular weight excluding hydrogens is 308 g/mol. The van der Waals surface area contributed by atoms with E-state index >= 15 is 0 Å². The third-order valence-corrected chi connectivity index (χ3v) is 4.33. The van der Waals surface area contributed by atoms with Crippen LogP contribution in [-0.2, 0) is 11.3 Å². The standard InChI is InChI=1S/C17H22N4O3/c1-20(10-12-9-18-11-19-12)16-4-5-21(17(16)22)13-6-14(23-2)8-15(7-13)24-3/h6-9,11,16H,4-5,10H2,1-3H3,(H,18,19)/t16-/m1/s1. The number of amides is 1. The van der Waals surface area contributed by atoms with Crippen LogP contribution in [0.3, 0.4) is 0 Å². The first-order valence-electron chi connectivity index (χ1n) is 7.84. The molecule has 1 aromatic carbocycles. The normalized spacial score (nSPS) is 17.6. The number of ether oxygens (including phenoxy) is 2. The highest BCUT2D eigenvalue weighted by atomic mass is 16.5. The Morgan fingerprint density at radius 3 is 2.58 bits per heavy atom.